The zero-order chi connectivity index (χ0) is 6.43. The Balaban J connectivity index is 1.94. The molecule has 0 aromatic carbocycles. The van der Waals surface area contributed by atoms with E-state index >= 15 is 0 Å². The normalized spacial score (nSPS) is 54.0. The van der Waals surface area contributed by atoms with Gasteiger partial charge in [-0.05, 0) is 11.8 Å². The largest absolute Gasteiger partial charge is 0.369 e. The second kappa shape index (κ2) is 1.72. The van der Waals surface area contributed by atoms with Gasteiger partial charge in [0.1, 0.15) is 0 Å². The summed E-state index contributed by atoms with van der Waals surface area (Å²) in [5, 5.41) is 0. The van der Waals surface area contributed by atoms with Gasteiger partial charge in [0.2, 0.25) is 0 Å². The van der Waals surface area contributed by atoms with Crippen LogP contribution in [-0.4, -0.2) is 12.2 Å². The van der Waals surface area contributed by atoms with Crippen LogP contribution >= 0.6 is 0 Å². The summed E-state index contributed by atoms with van der Waals surface area (Å²) in [6, 6.07) is 0. The van der Waals surface area contributed by atoms with Crippen molar-refractivity contribution in [1.29, 1.82) is 0 Å². The highest BCUT2D eigenvalue weighted by molar-refractivity contribution is 5.08. The third-order valence-corrected chi connectivity index (χ3v) is 2.90. The highest BCUT2D eigenvalue weighted by Crippen LogP contribution is 2.54. The van der Waals surface area contributed by atoms with Crippen LogP contribution in [0.15, 0.2) is 0 Å². The Morgan fingerprint density at radius 3 is 1.78 bits per heavy atom. The predicted molar refractivity (Wildman–Crippen MR) is 36.2 cm³/mol. The zero-order valence-electron chi connectivity index (χ0n) is 6.13. The molecule has 0 spiro atoms. The molecule has 52 valence electrons. The summed E-state index contributed by atoms with van der Waals surface area (Å²) in [6.07, 6.45) is 4.03. The summed E-state index contributed by atoms with van der Waals surface area (Å²) in [7, 11) is 0. The Kier molecular flexibility index (Phi) is 1.10. The van der Waals surface area contributed by atoms with E-state index in [1.807, 2.05) is 0 Å². The van der Waals surface area contributed by atoms with Gasteiger partial charge >= 0.3 is 0 Å². The smallest absolute Gasteiger partial charge is 0.0876 e. The van der Waals surface area contributed by atoms with E-state index in [9.17, 15) is 0 Å². The monoisotopic (exact) mass is 126 g/mol. The van der Waals surface area contributed by atoms with E-state index < -0.39 is 0 Å². The number of hydrogen-bond acceptors (Lipinski definition) is 1. The minimum Gasteiger partial charge on any atom is -0.369 e. The quantitative estimate of drug-likeness (QED) is 0.514. The van der Waals surface area contributed by atoms with Crippen LogP contribution in [-0.2, 0) is 4.74 Å². The molecule has 1 saturated heterocycles. The fourth-order valence-corrected chi connectivity index (χ4v) is 2.24. The Bertz CT molecular complexity index is 108. The minimum atomic E-state index is 0.694. The second-order valence-corrected chi connectivity index (χ2v) is 3.21. The van der Waals surface area contributed by atoms with Gasteiger partial charge in [0.25, 0.3) is 0 Å². The molecule has 1 saturated carbocycles. The van der Waals surface area contributed by atoms with Crippen molar-refractivity contribution in [2.75, 3.05) is 0 Å². The lowest BCUT2D eigenvalue weighted by molar-refractivity contribution is 0.226. The van der Waals surface area contributed by atoms with Crippen LogP contribution in [0.1, 0.15) is 26.7 Å². The molecule has 0 N–H and O–H groups in total. The lowest BCUT2D eigenvalue weighted by Gasteiger charge is -2.29. The van der Waals surface area contributed by atoms with E-state index in [4.69, 9.17) is 4.74 Å². The molecule has 2 aliphatic rings. The third-order valence-electron chi connectivity index (χ3n) is 2.90. The van der Waals surface area contributed by atoms with Gasteiger partial charge in [-0.1, -0.05) is 26.7 Å². The molecule has 1 aliphatic heterocycles. The molecule has 0 radical (unpaired) electrons. The van der Waals surface area contributed by atoms with Crippen molar-refractivity contribution in [3.05, 3.63) is 0 Å². The van der Waals surface area contributed by atoms with Gasteiger partial charge in [-0.15, -0.1) is 0 Å². The van der Waals surface area contributed by atoms with Crippen LogP contribution < -0.4 is 0 Å². The van der Waals surface area contributed by atoms with Crippen LogP contribution in [0.25, 0.3) is 0 Å². The second-order valence-electron chi connectivity index (χ2n) is 3.21. The van der Waals surface area contributed by atoms with Crippen LogP contribution in [0.5, 0.6) is 0 Å². The van der Waals surface area contributed by atoms with Crippen LogP contribution in [0, 0.1) is 11.8 Å². The van der Waals surface area contributed by atoms with Gasteiger partial charge in [-0.2, -0.15) is 0 Å². The Hall–Kier alpha value is -0.0400. The maximum absolute atomic E-state index is 5.43. The van der Waals surface area contributed by atoms with Gasteiger partial charge in [-0.25, -0.2) is 0 Å². The van der Waals surface area contributed by atoms with E-state index in [1.54, 1.807) is 0 Å². The molecule has 0 aromatic heterocycles. The molecule has 9 heavy (non-hydrogen) atoms. The van der Waals surface area contributed by atoms with E-state index in [-0.39, 0.29) is 0 Å². The van der Waals surface area contributed by atoms with Crippen molar-refractivity contribution >= 4 is 0 Å². The van der Waals surface area contributed by atoms with Crippen molar-refractivity contribution in [3.8, 4) is 0 Å². The Labute approximate surface area is 56.4 Å². The highest BCUT2D eigenvalue weighted by Gasteiger charge is 2.61. The summed E-state index contributed by atoms with van der Waals surface area (Å²) in [4.78, 5) is 0. The SMILES string of the molecule is CC[C@@H]1[C@@H](CC)[C@@H]2O[C@H]12. The third kappa shape index (κ3) is 0.586. The van der Waals surface area contributed by atoms with E-state index in [1.165, 1.54) is 12.8 Å². The van der Waals surface area contributed by atoms with Crippen molar-refractivity contribution in [2.45, 2.75) is 38.9 Å². The number of fused-ring (bicyclic) bond motifs is 1. The van der Waals surface area contributed by atoms with Gasteiger partial charge in [-0.3, -0.25) is 0 Å². The molecular formula is C8H14O. The highest BCUT2D eigenvalue weighted by atomic mass is 16.6. The molecule has 2 rings (SSSR count). The van der Waals surface area contributed by atoms with E-state index in [0.29, 0.717) is 12.2 Å². The lowest BCUT2D eigenvalue weighted by Crippen LogP contribution is -2.35. The minimum absolute atomic E-state index is 0.694. The van der Waals surface area contributed by atoms with Gasteiger partial charge < -0.3 is 4.74 Å². The van der Waals surface area contributed by atoms with Crippen molar-refractivity contribution < 1.29 is 4.74 Å². The summed E-state index contributed by atoms with van der Waals surface area (Å²) < 4.78 is 5.43. The predicted octanol–water partition coefficient (Wildman–Crippen LogP) is 1.82. The lowest BCUT2D eigenvalue weighted by atomic mass is 9.71. The summed E-state index contributed by atoms with van der Waals surface area (Å²) in [5.41, 5.74) is 0. The molecule has 0 amide bonds. The molecule has 1 aliphatic carbocycles. The van der Waals surface area contributed by atoms with Gasteiger partial charge in [0, 0.05) is 0 Å². The first-order valence-electron chi connectivity index (χ1n) is 4.04. The number of ether oxygens (including phenoxy) is 1. The van der Waals surface area contributed by atoms with Crippen molar-refractivity contribution in [3.63, 3.8) is 0 Å². The Morgan fingerprint density at radius 1 is 1.00 bits per heavy atom. The van der Waals surface area contributed by atoms with Crippen molar-refractivity contribution in [2.24, 2.45) is 11.8 Å². The van der Waals surface area contributed by atoms with E-state index in [0.717, 1.165) is 11.8 Å². The average Bonchev–Trinajstić information content (AvgIpc) is 2.47. The molecule has 0 aromatic rings. The van der Waals surface area contributed by atoms with Gasteiger partial charge in [0.05, 0.1) is 12.2 Å². The number of hydrogen-bond donors (Lipinski definition) is 0. The average molecular weight is 126 g/mol. The maximum atomic E-state index is 5.43. The number of rotatable bonds is 2. The van der Waals surface area contributed by atoms with Gasteiger partial charge in [0.15, 0.2) is 0 Å². The molecule has 1 nitrogen and oxygen atoms in total. The molecular weight excluding hydrogens is 112 g/mol. The Morgan fingerprint density at radius 2 is 1.44 bits per heavy atom. The van der Waals surface area contributed by atoms with Crippen LogP contribution in [0.2, 0.25) is 0 Å². The van der Waals surface area contributed by atoms with Crippen LogP contribution in [0.4, 0.5) is 0 Å². The van der Waals surface area contributed by atoms with Crippen molar-refractivity contribution in [1.82, 2.24) is 0 Å². The molecule has 4 atom stereocenters. The first-order chi connectivity index (χ1) is 4.38. The number of epoxide rings is 1. The summed E-state index contributed by atoms with van der Waals surface area (Å²) >= 11 is 0. The summed E-state index contributed by atoms with van der Waals surface area (Å²) in [5.74, 6) is 1.83. The maximum Gasteiger partial charge on any atom is 0.0876 e. The first kappa shape index (κ1) is 5.72. The fraction of sp³-hybridized carbons (Fsp3) is 1.00. The fourth-order valence-electron chi connectivity index (χ4n) is 2.24. The first-order valence-corrected chi connectivity index (χ1v) is 4.04. The molecule has 1 heteroatoms. The molecule has 1 heterocycles. The molecule has 0 unspecified atom stereocenters. The standard InChI is InChI=1S/C8H14O/c1-3-5-6(4-2)8-7(5)9-8/h5-8H,3-4H2,1-2H3/t5-,6-,7-,8+/m1/s1. The van der Waals surface area contributed by atoms with Crippen LogP contribution in [0.3, 0.4) is 0 Å². The molecule has 0 bridgehead atoms. The molecule has 2 fully saturated rings. The zero-order valence-corrected chi connectivity index (χ0v) is 6.13. The topological polar surface area (TPSA) is 12.5 Å². The summed E-state index contributed by atoms with van der Waals surface area (Å²) in [6.45, 7) is 4.54. The van der Waals surface area contributed by atoms with E-state index in [2.05, 4.69) is 13.8 Å².